The number of carbonyl (C=O) groups is 2. The van der Waals surface area contributed by atoms with Crippen molar-refractivity contribution < 1.29 is 9.59 Å². The van der Waals surface area contributed by atoms with E-state index in [4.69, 9.17) is 0 Å². The molecule has 1 aromatic heterocycles. The third kappa shape index (κ3) is 2.92. The molecule has 19 heavy (non-hydrogen) atoms. The Morgan fingerprint density at radius 3 is 2.89 bits per heavy atom. The molecule has 0 saturated heterocycles. The largest absolute Gasteiger partial charge is 0.352 e. The molecular weight excluding hydrogens is 244 g/mol. The van der Waals surface area contributed by atoms with E-state index in [1.54, 1.807) is 0 Å². The quantitative estimate of drug-likeness (QED) is 0.805. The first-order chi connectivity index (χ1) is 9.13. The first-order valence-corrected chi connectivity index (χ1v) is 6.71. The molecule has 2 rings (SSSR count). The monoisotopic (exact) mass is 262 g/mol. The SMILES string of the molecule is CCCCNC(=O)c1cc2c([nH]c1=O)CCCC2=O. The van der Waals surface area contributed by atoms with Crippen LogP contribution in [0.5, 0.6) is 0 Å². The smallest absolute Gasteiger partial charge is 0.261 e. The fraction of sp³-hybridized carbons (Fsp3) is 0.500. The zero-order chi connectivity index (χ0) is 13.8. The molecule has 0 bridgehead atoms. The van der Waals surface area contributed by atoms with Crippen molar-refractivity contribution in [1.29, 1.82) is 0 Å². The van der Waals surface area contributed by atoms with E-state index < -0.39 is 11.5 Å². The van der Waals surface area contributed by atoms with Gasteiger partial charge < -0.3 is 10.3 Å². The van der Waals surface area contributed by atoms with Crippen molar-refractivity contribution in [3.8, 4) is 0 Å². The molecule has 0 fully saturated rings. The lowest BCUT2D eigenvalue weighted by molar-refractivity contribution is 0.0951. The van der Waals surface area contributed by atoms with Gasteiger partial charge in [0.1, 0.15) is 5.56 Å². The maximum atomic E-state index is 11.9. The number of amides is 1. The van der Waals surface area contributed by atoms with Crippen LogP contribution in [0.25, 0.3) is 0 Å². The number of aromatic amines is 1. The number of aryl methyl sites for hydroxylation is 1. The maximum absolute atomic E-state index is 11.9. The van der Waals surface area contributed by atoms with E-state index in [1.165, 1.54) is 6.07 Å². The zero-order valence-corrected chi connectivity index (χ0v) is 11.0. The molecule has 5 heteroatoms. The Morgan fingerprint density at radius 2 is 2.16 bits per heavy atom. The minimum Gasteiger partial charge on any atom is -0.352 e. The molecule has 1 aliphatic carbocycles. The van der Waals surface area contributed by atoms with Gasteiger partial charge in [0.15, 0.2) is 5.78 Å². The number of ketones is 1. The van der Waals surface area contributed by atoms with Crippen molar-refractivity contribution in [3.05, 3.63) is 33.2 Å². The number of carbonyl (C=O) groups excluding carboxylic acids is 2. The van der Waals surface area contributed by atoms with E-state index in [-0.39, 0.29) is 11.3 Å². The summed E-state index contributed by atoms with van der Waals surface area (Å²) in [6.45, 7) is 2.57. The molecule has 1 heterocycles. The number of fused-ring (bicyclic) bond motifs is 1. The fourth-order valence-electron chi connectivity index (χ4n) is 2.22. The highest BCUT2D eigenvalue weighted by molar-refractivity contribution is 6.01. The summed E-state index contributed by atoms with van der Waals surface area (Å²) in [6, 6.07) is 1.44. The second-order valence-corrected chi connectivity index (χ2v) is 4.79. The second-order valence-electron chi connectivity index (χ2n) is 4.79. The van der Waals surface area contributed by atoms with Gasteiger partial charge in [0.2, 0.25) is 0 Å². The number of Topliss-reactive ketones (excluding diaryl/α,β-unsaturated/α-hetero) is 1. The third-order valence-corrected chi connectivity index (χ3v) is 3.31. The third-order valence-electron chi connectivity index (χ3n) is 3.31. The number of hydrogen-bond acceptors (Lipinski definition) is 3. The fourth-order valence-corrected chi connectivity index (χ4v) is 2.22. The molecule has 0 atom stereocenters. The van der Waals surface area contributed by atoms with E-state index in [9.17, 15) is 14.4 Å². The van der Waals surface area contributed by atoms with Crippen LogP contribution >= 0.6 is 0 Å². The number of H-pyrrole nitrogens is 1. The zero-order valence-electron chi connectivity index (χ0n) is 11.0. The van der Waals surface area contributed by atoms with Crippen molar-refractivity contribution in [3.63, 3.8) is 0 Å². The summed E-state index contributed by atoms with van der Waals surface area (Å²) in [5.41, 5.74) is 0.769. The number of nitrogens with one attached hydrogen (secondary N) is 2. The van der Waals surface area contributed by atoms with Gasteiger partial charge in [-0.3, -0.25) is 14.4 Å². The normalized spacial score (nSPS) is 14.1. The summed E-state index contributed by atoms with van der Waals surface area (Å²) < 4.78 is 0. The predicted molar refractivity (Wildman–Crippen MR) is 71.6 cm³/mol. The summed E-state index contributed by atoms with van der Waals surface area (Å²) >= 11 is 0. The van der Waals surface area contributed by atoms with Crippen LogP contribution in [0.15, 0.2) is 10.9 Å². The number of rotatable bonds is 4. The summed E-state index contributed by atoms with van der Waals surface area (Å²) in [5.74, 6) is -0.406. The van der Waals surface area contributed by atoms with E-state index in [0.29, 0.717) is 30.6 Å². The Hall–Kier alpha value is -1.91. The number of unbranched alkanes of at least 4 members (excludes halogenated alkanes) is 1. The van der Waals surface area contributed by atoms with Gasteiger partial charge in [-0.05, 0) is 25.3 Å². The molecule has 0 aromatic carbocycles. The van der Waals surface area contributed by atoms with Crippen LogP contribution in [0.2, 0.25) is 0 Å². The Kier molecular flexibility index (Phi) is 4.14. The highest BCUT2D eigenvalue weighted by Gasteiger charge is 2.21. The van der Waals surface area contributed by atoms with Gasteiger partial charge >= 0.3 is 0 Å². The first-order valence-electron chi connectivity index (χ1n) is 6.71. The van der Waals surface area contributed by atoms with Crippen LogP contribution in [0.1, 0.15) is 59.0 Å². The van der Waals surface area contributed by atoms with E-state index in [0.717, 1.165) is 19.3 Å². The van der Waals surface area contributed by atoms with Crippen LogP contribution in [0, 0.1) is 0 Å². The van der Waals surface area contributed by atoms with E-state index >= 15 is 0 Å². The molecule has 102 valence electrons. The van der Waals surface area contributed by atoms with Gasteiger partial charge in [-0.1, -0.05) is 13.3 Å². The number of aromatic nitrogens is 1. The highest BCUT2D eigenvalue weighted by Crippen LogP contribution is 2.18. The standard InChI is InChI=1S/C14H18N2O3/c1-2-3-7-15-13(18)10-8-9-11(16-14(10)19)5-4-6-12(9)17/h8H,2-7H2,1H3,(H,15,18)(H,16,19). The van der Waals surface area contributed by atoms with Crippen LogP contribution < -0.4 is 10.9 Å². The summed E-state index contributed by atoms with van der Waals surface area (Å²) in [5, 5.41) is 2.69. The molecule has 0 aliphatic heterocycles. The van der Waals surface area contributed by atoms with Crippen LogP contribution in [0.3, 0.4) is 0 Å². The molecule has 0 radical (unpaired) electrons. The topological polar surface area (TPSA) is 79.0 Å². The molecule has 0 spiro atoms. The van der Waals surface area contributed by atoms with Crippen LogP contribution in [-0.4, -0.2) is 23.2 Å². The molecule has 1 amide bonds. The lowest BCUT2D eigenvalue weighted by Gasteiger charge is -2.15. The van der Waals surface area contributed by atoms with Gasteiger partial charge in [0.25, 0.3) is 11.5 Å². The Bertz CT molecular complexity index is 560. The van der Waals surface area contributed by atoms with Gasteiger partial charge in [-0.2, -0.15) is 0 Å². The molecule has 5 nitrogen and oxygen atoms in total. The van der Waals surface area contributed by atoms with E-state index in [1.807, 2.05) is 6.92 Å². The van der Waals surface area contributed by atoms with Crippen molar-refractivity contribution >= 4 is 11.7 Å². The van der Waals surface area contributed by atoms with Crippen molar-refractivity contribution in [2.45, 2.75) is 39.0 Å². The first kappa shape index (κ1) is 13.5. The van der Waals surface area contributed by atoms with Crippen LogP contribution in [-0.2, 0) is 6.42 Å². The minimum atomic E-state index is -0.414. The number of pyridine rings is 1. The second kappa shape index (κ2) is 5.82. The summed E-state index contributed by atoms with van der Waals surface area (Å²) in [4.78, 5) is 38.2. The van der Waals surface area contributed by atoms with Gasteiger partial charge in [0, 0.05) is 24.2 Å². The molecule has 2 N–H and O–H groups in total. The molecule has 1 aliphatic rings. The lowest BCUT2D eigenvalue weighted by Crippen LogP contribution is -2.32. The van der Waals surface area contributed by atoms with Gasteiger partial charge in [-0.15, -0.1) is 0 Å². The average molecular weight is 262 g/mol. The van der Waals surface area contributed by atoms with Gasteiger partial charge in [-0.25, -0.2) is 0 Å². The van der Waals surface area contributed by atoms with Crippen molar-refractivity contribution in [2.75, 3.05) is 6.54 Å². The van der Waals surface area contributed by atoms with Crippen LogP contribution in [0.4, 0.5) is 0 Å². The Labute approximate surface area is 111 Å². The van der Waals surface area contributed by atoms with Crippen molar-refractivity contribution in [2.24, 2.45) is 0 Å². The minimum absolute atomic E-state index is 0.000100. The predicted octanol–water partition coefficient (Wildman–Crippen LogP) is 1.42. The summed E-state index contributed by atoms with van der Waals surface area (Å²) in [7, 11) is 0. The molecule has 1 aromatic rings. The summed E-state index contributed by atoms with van der Waals surface area (Å²) in [6.07, 6.45) is 3.76. The average Bonchev–Trinajstić information content (AvgIpc) is 2.38. The van der Waals surface area contributed by atoms with E-state index in [2.05, 4.69) is 10.3 Å². The Balaban J connectivity index is 2.26. The maximum Gasteiger partial charge on any atom is 0.261 e. The lowest BCUT2D eigenvalue weighted by atomic mass is 9.93. The Morgan fingerprint density at radius 1 is 1.37 bits per heavy atom. The van der Waals surface area contributed by atoms with Crippen molar-refractivity contribution in [1.82, 2.24) is 10.3 Å². The highest BCUT2D eigenvalue weighted by atomic mass is 16.2. The number of hydrogen-bond donors (Lipinski definition) is 2. The molecule has 0 unspecified atom stereocenters. The molecule has 0 saturated carbocycles. The van der Waals surface area contributed by atoms with Gasteiger partial charge in [0.05, 0.1) is 0 Å². The molecular formula is C14H18N2O3.